The van der Waals surface area contributed by atoms with Gasteiger partial charge in [0.1, 0.15) is 11.5 Å². The lowest BCUT2D eigenvalue weighted by atomic mass is 10.0. The Bertz CT molecular complexity index is 1200. The van der Waals surface area contributed by atoms with Crippen LogP contribution in [0.2, 0.25) is 0 Å². The Morgan fingerprint density at radius 1 is 0.913 bits per heavy atom. The minimum atomic E-state index is -4.39. The standard InChI is InChI=1S/C18H23NO.C10H14F3N.C7H14O.C4H10/c1-6-8-9-18(13(3)4)19-16-10-11-17(14(5)20)15(7-2)12-16;1-5-7(3)8(6-2)9(14-4)10(11,12)13;1-3-4-5-6-7(2)8;1-3-4-2/h6,8-12,19H,3,7H2,1-2,4-5H3;5-6H,1-4H3;3-6H2,1-2H3;3-4H2,1-2H3/b8-6-,18-9+;7-5+,8-6-,14-9?;;. The fourth-order valence-electron chi connectivity index (χ4n) is 3.68. The number of aryl methyl sites for hydroxylation is 1. The summed E-state index contributed by atoms with van der Waals surface area (Å²) in [5.74, 6) is 0.427. The molecule has 0 fully saturated rings. The van der Waals surface area contributed by atoms with E-state index < -0.39 is 11.9 Å². The van der Waals surface area contributed by atoms with Crippen molar-refractivity contribution in [3.8, 4) is 0 Å². The number of halogens is 3. The van der Waals surface area contributed by atoms with Gasteiger partial charge >= 0.3 is 6.18 Å². The highest BCUT2D eigenvalue weighted by Gasteiger charge is 2.37. The summed E-state index contributed by atoms with van der Waals surface area (Å²) in [6.07, 6.45) is 12.3. The summed E-state index contributed by atoms with van der Waals surface area (Å²) in [4.78, 5) is 25.2. The molecule has 260 valence electrons. The maximum atomic E-state index is 12.5. The van der Waals surface area contributed by atoms with Gasteiger partial charge in [-0.15, -0.1) is 0 Å². The quantitative estimate of drug-likeness (QED) is 0.100. The molecular weight excluding hydrogens is 585 g/mol. The van der Waals surface area contributed by atoms with E-state index in [1.54, 1.807) is 40.7 Å². The molecule has 46 heavy (non-hydrogen) atoms. The third-order valence-electron chi connectivity index (χ3n) is 6.59. The van der Waals surface area contributed by atoms with Crippen molar-refractivity contribution in [3.05, 3.63) is 88.7 Å². The van der Waals surface area contributed by atoms with Crippen LogP contribution in [-0.4, -0.2) is 30.5 Å². The molecule has 0 aliphatic carbocycles. The van der Waals surface area contributed by atoms with Crippen LogP contribution in [0.4, 0.5) is 18.9 Å². The number of carbonyl (C=O) groups excluding carboxylic acids is 2. The number of hydrogen-bond acceptors (Lipinski definition) is 4. The van der Waals surface area contributed by atoms with Gasteiger partial charge in [0, 0.05) is 36.0 Å². The maximum absolute atomic E-state index is 12.5. The molecule has 1 aromatic carbocycles. The van der Waals surface area contributed by atoms with Gasteiger partial charge in [-0.25, -0.2) is 0 Å². The summed E-state index contributed by atoms with van der Waals surface area (Å²) in [7, 11) is 1.15. The number of hydrogen-bond donors (Lipinski definition) is 1. The number of ketones is 2. The van der Waals surface area contributed by atoms with Gasteiger partial charge in [-0.3, -0.25) is 9.79 Å². The molecule has 0 saturated carbocycles. The van der Waals surface area contributed by atoms with E-state index in [0.717, 1.165) is 54.4 Å². The molecular formula is C39H61F3N2O2. The summed E-state index contributed by atoms with van der Waals surface area (Å²) in [5.41, 5.74) is 4.67. The van der Waals surface area contributed by atoms with Gasteiger partial charge in [-0.05, 0) is 102 Å². The van der Waals surface area contributed by atoms with E-state index in [9.17, 15) is 22.8 Å². The maximum Gasteiger partial charge on any atom is 0.433 e. The molecule has 0 saturated heterocycles. The van der Waals surface area contributed by atoms with Gasteiger partial charge in [0.2, 0.25) is 0 Å². The molecule has 1 rings (SSSR count). The number of unbranched alkanes of at least 4 members (excludes halogenated alkanes) is 3. The molecule has 0 bridgehead atoms. The van der Waals surface area contributed by atoms with Crippen LogP contribution in [0.25, 0.3) is 0 Å². The third kappa shape index (κ3) is 22.1. The Morgan fingerprint density at radius 2 is 1.50 bits per heavy atom. The lowest BCUT2D eigenvalue weighted by molar-refractivity contribution is -0.117. The number of carbonyl (C=O) groups is 2. The van der Waals surface area contributed by atoms with Crippen LogP contribution < -0.4 is 5.32 Å². The highest BCUT2D eigenvalue weighted by Crippen LogP contribution is 2.26. The molecule has 0 amide bonds. The second-order valence-electron chi connectivity index (χ2n) is 10.7. The molecule has 0 radical (unpaired) electrons. The zero-order valence-corrected chi connectivity index (χ0v) is 30.7. The molecule has 1 aromatic rings. The SMILES string of the molecule is C/C=C(C(=NC)C(F)(F)F)/C(C)=C/C.C=C(C)/C(=C\C=C/C)Nc1ccc(C(C)=O)c(CC)c1.CCCC.CCCCCC(C)=O. The van der Waals surface area contributed by atoms with E-state index >= 15 is 0 Å². The Labute approximate surface area is 278 Å². The predicted octanol–water partition coefficient (Wildman–Crippen LogP) is 12.4. The van der Waals surface area contributed by atoms with E-state index in [1.807, 2.05) is 50.3 Å². The number of aliphatic imine (C=N–C) groups is 1. The second-order valence-corrected chi connectivity index (χ2v) is 10.7. The Hall–Kier alpha value is -3.48. The molecule has 7 heteroatoms. The zero-order chi connectivity index (χ0) is 36.3. The summed E-state index contributed by atoms with van der Waals surface area (Å²) in [6.45, 7) is 24.6. The second kappa shape index (κ2) is 27.8. The Kier molecular flexibility index (Phi) is 28.4. The van der Waals surface area contributed by atoms with E-state index in [-0.39, 0.29) is 11.4 Å². The summed E-state index contributed by atoms with van der Waals surface area (Å²) >= 11 is 0. The van der Waals surface area contributed by atoms with E-state index in [0.29, 0.717) is 11.4 Å². The lowest BCUT2D eigenvalue weighted by Gasteiger charge is -2.13. The van der Waals surface area contributed by atoms with Crippen LogP contribution in [0, 0.1) is 0 Å². The molecule has 1 N–H and O–H groups in total. The fourth-order valence-corrected chi connectivity index (χ4v) is 3.68. The van der Waals surface area contributed by atoms with E-state index in [4.69, 9.17) is 0 Å². The van der Waals surface area contributed by atoms with Gasteiger partial charge in [0.15, 0.2) is 5.78 Å². The van der Waals surface area contributed by atoms with E-state index in [1.165, 1.54) is 31.8 Å². The van der Waals surface area contributed by atoms with Crippen LogP contribution >= 0.6 is 0 Å². The molecule has 0 unspecified atom stereocenters. The normalized spacial score (nSPS) is 12.2. The highest BCUT2D eigenvalue weighted by molar-refractivity contribution is 6.07. The first-order valence-corrected chi connectivity index (χ1v) is 16.3. The largest absolute Gasteiger partial charge is 0.433 e. The van der Waals surface area contributed by atoms with Crippen molar-refractivity contribution >= 4 is 23.0 Å². The minimum Gasteiger partial charge on any atom is -0.355 e. The van der Waals surface area contributed by atoms with E-state index in [2.05, 4.69) is 44.6 Å². The topological polar surface area (TPSA) is 58.5 Å². The zero-order valence-electron chi connectivity index (χ0n) is 30.7. The monoisotopic (exact) mass is 646 g/mol. The average Bonchev–Trinajstić information content (AvgIpc) is 3.01. The van der Waals surface area contributed by atoms with Crippen molar-refractivity contribution in [3.63, 3.8) is 0 Å². The molecule has 0 atom stereocenters. The summed E-state index contributed by atoms with van der Waals surface area (Å²) in [5, 5.41) is 3.35. The molecule has 0 heterocycles. The fraction of sp³-hybridized carbons (Fsp3) is 0.513. The Balaban J connectivity index is -0.000000615. The minimum absolute atomic E-state index is 0.109. The van der Waals surface area contributed by atoms with Crippen LogP contribution in [0.3, 0.4) is 0 Å². The van der Waals surface area contributed by atoms with Crippen molar-refractivity contribution in [2.45, 2.75) is 127 Å². The number of anilines is 1. The van der Waals surface area contributed by atoms with Gasteiger partial charge < -0.3 is 10.1 Å². The molecule has 0 aromatic heterocycles. The van der Waals surface area contributed by atoms with Crippen molar-refractivity contribution in [2.75, 3.05) is 12.4 Å². The van der Waals surface area contributed by atoms with Crippen molar-refractivity contribution in [1.82, 2.24) is 0 Å². The smallest absolute Gasteiger partial charge is 0.355 e. The van der Waals surface area contributed by atoms with Crippen LogP contribution in [0.5, 0.6) is 0 Å². The van der Waals surface area contributed by atoms with Crippen LogP contribution in [0.1, 0.15) is 131 Å². The number of benzene rings is 1. The summed E-state index contributed by atoms with van der Waals surface area (Å²) < 4.78 is 37.4. The van der Waals surface area contributed by atoms with Crippen molar-refractivity contribution in [2.24, 2.45) is 4.99 Å². The molecule has 0 spiro atoms. The van der Waals surface area contributed by atoms with Crippen LogP contribution in [0.15, 0.2) is 82.6 Å². The van der Waals surface area contributed by atoms with Gasteiger partial charge in [-0.2, -0.15) is 13.2 Å². The first kappa shape index (κ1) is 46.9. The van der Waals surface area contributed by atoms with Gasteiger partial charge in [-0.1, -0.05) is 84.3 Å². The predicted molar refractivity (Wildman–Crippen MR) is 195 cm³/mol. The Morgan fingerprint density at radius 3 is 1.85 bits per heavy atom. The van der Waals surface area contributed by atoms with Crippen molar-refractivity contribution in [1.29, 1.82) is 0 Å². The number of nitrogens with one attached hydrogen (secondary N) is 1. The van der Waals surface area contributed by atoms with Crippen molar-refractivity contribution < 1.29 is 22.8 Å². The highest BCUT2D eigenvalue weighted by atomic mass is 19.4. The molecule has 4 nitrogen and oxygen atoms in total. The van der Waals surface area contributed by atoms with Gasteiger partial charge in [0.05, 0.1) is 0 Å². The summed E-state index contributed by atoms with van der Waals surface area (Å²) in [6, 6.07) is 5.85. The van der Waals surface area contributed by atoms with Crippen LogP contribution in [-0.2, 0) is 11.2 Å². The number of Topliss-reactive ketones (excluding diaryl/α,β-unsaturated/α-hetero) is 2. The first-order valence-electron chi connectivity index (χ1n) is 16.3. The number of allylic oxidation sites excluding steroid dienone is 8. The number of nitrogens with zero attached hydrogens (tertiary/aromatic N) is 1. The van der Waals surface area contributed by atoms with Gasteiger partial charge in [0.25, 0.3) is 0 Å². The first-order chi connectivity index (χ1) is 21.6. The molecule has 0 aliphatic heterocycles. The number of rotatable bonds is 13. The average molecular weight is 647 g/mol. The third-order valence-corrected chi connectivity index (χ3v) is 6.59. The number of alkyl halides is 3. The molecule has 0 aliphatic rings. The lowest BCUT2D eigenvalue weighted by Crippen LogP contribution is -2.25.